The number of ether oxygens (including phenoxy) is 1. The first-order valence-corrected chi connectivity index (χ1v) is 6.85. The van der Waals surface area contributed by atoms with Gasteiger partial charge in [0.05, 0.1) is 4.92 Å². The lowest BCUT2D eigenvalue weighted by atomic mass is 9.99. The number of hydrogen-bond acceptors (Lipinski definition) is 5. The molecule has 0 spiro atoms. The van der Waals surface area contributed by atoms with E-state index in [0.717, 1.165) is 44.7 Å². The third-order valence-electron chi connectivity index (χ3n) is 3.65. The Morgan fingerprint density at radius 1 is 1.45 bits per heavy atom. The Hall–Kier alpha value is -1.66. The Bertz CT molecular complexity index is 473. The fraction of sp³-hybridized carbons (Fsp3) is 0.571. The second-order valence-electron chi connectivity index (χ2n) is 5.40. The average molecular weight is 279 g/mol. The van der Waals surface area contributed by atoms with E-state index in [1.807, 2.05) is 0 Å². The van der Waals surface area contributed by atoms with E-state index in [4.69, 9.17) is 10.5 Å². The summed E-state index contributed by atoms with van der Waals surface area (Å²) in [5, 5.41) is 10.7. The van der Waals surface area contributed by atoms with Crippen molar-refractivity contribution < 1.29 is 9.66 Å². The molecule has 2 N–H and O–H groups in total. The van der Waals surface area contributed by atoms with E-state index < -0.39 is 4.92 Å². The van der Waals surface area contributed by atoms with Crippen molar-refractivity contribution >= 4 is 11.4 Å². The van der Waals surface area contributed by atoms with Crippen LogP contribution in [0, 0.1) is 16.0 Å². The number of nitrogens with zero attached hydrogens (tertiary/aromatic N) is 2. The number of nitrogen functional groups attached to an aromatic ring is 1. The van der Waals surface area contributed by atoms with E-state index in [2.05, 4.69) is 11.9 Å². The summed E-state index contributed by atoms with van der Waals surface area (Å²) < 4.78 is 5.35. The Kier molecular flexibility index (Phi) is 4.92. The fourth-order valence-corrected chi connectivity index (χ4v) is 2.61. The quantitative estimate of drug-likeness (QED) is 0.506. The summed E-state index contributed by atoms with van der Waals surface area (Å²) in [7, 11) is 2.06. The molecule has 1 aliphatic rings. The molecule has 2 rings (SSSR count). The number of nitrogens with two attached hydrogens (primary N) is 1. The van der Waals surface area contributed by atoms with Crippen molar-refractivity contribution in [1.29, 1.82) is 0 Å². The van der Waals surface area contributed by atoms with Crippen LogP contribution in [0.25, 0.3) is 0 Å². The summed E-state index contributed by atoms with van der Waals surface area (Å²) in [6.45, 7) is 3.46. The lowest BCUT2D eigenvalue weighted by Gasteiger charge is -2.27. The normalized spacial score (nSPS) is 16.5. The maximum absolute atomic E-state index is 10.7. The number of benzene rings is 1. The third kappa shape index (κ3) is 3.91. The molecule has 0 aromatic heterocycles. The van der Waals surface area contributed by atoms with Gasteiger partial charge in [-0.05, 0) is 37.4 Å². The molecule has 20 heavy (non-hydrogen) atoms. The van der Waals surface area contributed by atoms with Crippen LogP contribution in [0.15, 0.2) is 18.2 Å². The number of rotatable bonds is 5. The second-order valence-corrected chi connectivity index (χ2v) is 5.40. The Labute approximate surface area is 118 Å². The molecule has 6 heteroatoms. The molecule has 1 heterocycles. The summed E-state index contributed by atoms with van der Waals surface area (Å²) in [6, 6.07) is 4.94. The zero-order chi connectivity index (χ0) is 14.5. The molecular formula is C14H21N3O3. The van der Waals surface area contributed by atoms with Crippen molar-refractivity contribution in [2.75, 3.05) is 32.5 Å². The molecule has 1 aliphatic heterocycles. The van der Waals surface area contributed by atoms with Gasteiger partial charge < -0.3 is 15.4 Å². The van der Waals surface area contributed by atoms with Gasteiger partial charge in [-0.2, -0.15) is 0 Å². The minimum absolute atomic E-state index is 0.0270. The van der Waals surface area contributed by atoms with Gasteiger partial charge in [0.15, 0.2) is 0 Å². The average Bonchev–Trinajstić information content (AvgIpc) is 2.39. The van der Waals surface area contributed by atoms with Crippen molar-refractivity contribution in [2.45, 2.75) is 19.4 Å². The highest BCUT2D eigenvalue weighted by atomic mass is 16.6. The van der Waals surface area contributed by atoms with Crippen LogP contribution in [-0.4, -0.2) is 36.6 Å². The molecule has 1 aromatic carbocycles. The third-order valence-corrected chi connectivity index (χ3v) is 3.65. The van der Waals surface area contributed by atoms with Crippen LogP contribution in [0.2, 0.25) is 0 Å². The predicted molar refractivity (Wildman–Crippen MR) is 77.4 cm³/mol. The molecule has 1 saturated heterocycles. The minimum Gasteiger partial charge on any atom is -0.393 e. The Balaban J connectivity index is 1.92. The van der Waals surface area contributed by atoms with Gasteiger partial charge in [0.25, 0.3) is 5.69 Å². The lowest BCUT2D eigenvalue weighted by molar-refractivity contribution is -0.383. The largest absolute Gasteiger partial charge is 0.393 e. The van der Waals surface area contributed by atoms with Crippen molar-refractivity contribution in [1.82, 2.24) is 4.90 Å². The summed E-state index contributed by atoms with van der Waals surface area (Å²) in [6.07, 6.45) is 2.21. The highest BCUT2D eigenvalue weighted by Gasteiger charge is 2.16. The molecule has 110 valence electrons. The summed E-state index contributed by atoms with van der Waals surface area (Å²) in [5.41, 5.74) is 6.91. The van der Waals surface area contributed by atoms with Gasteiger partial charge in [-0.15, -0.1) is 0 Å². The molecule has 0 bridgehead atoms. The molecule has 0 atom stereocenters. The molecule has 0 aliphatic carbocycles. The second kappa shape index (κ2) is 6.67. The smallest absolute Gasteiger partial charge is 0.292 e. The van der Waals surface area contributed by atoms with E-state index in [9.17, 15) is 10.1 Å². The van der Waals surface area contributed by atoms with E-state index in [1.165, 1.54) is 6.07 Å². The maximum atomic E-state index is 10.7. The van der Waals surface area contributed by atoms with Crippen LogP contribution in [0.5, 0.6) is 0 Å². The lowest BCUT2D eigenvalue weighted by Crippen LogP contribution is -2.29. The highest BCUT2D eigenvalue weighted by Crippen LogP contribution is 2.23. The first-order chi connectivity index (χ1) is 9.56. The van der Waals surface area contributed by atoms with Gasteiger partial charge >= 0.3 is 0 Å². The molecule has 1 fully saturated rings. The van der Waals surface area contributed by atoms with E-state index in [0.29, 0.717) is 5.92 Å². The number of hydrogen-bond donors (Lipinski definition) is 1. The van der Waals surface area contributed by atoms with Gasteiger partial charge in [-0.3, -0.25) is 10.1 Å². The number of nitro benzene ring substituents is 1. The van der Waals surface area contributed by atoms with E-state index in [1.54, 1.807) is 12.1 Å². The molecule has 0 amide bonds. The van der Waals surface area contributed by atoms with Gasteiger partial charge in [0.2, 0.25) is 0 Å². The SMILES string of the molecule is CN(Cc1ccc([N+](=O)[O-])c(N)c1)CC1CCOCC1. The summed E-state index contributed by atoms with van der Waals surface area (Å²) in [5.74, 6) is 0.671. The van der Waals surface area contributed by atoms with Crippen molar-refractivity contribution in [3.8, 4) is 0 Å². The van der Waals surface area contributed by atoms with Crippen LogP contribution in [-0.2, 0) is 11.3 Å². The maximum Gasteiger partial charge on any atom is 0.292 e. The topological polar surface area (TPSA) is 81.6 Å². The van der Waals surface area contributed by atoms with Crippen LogP contribution in [0.4, 0.5) is 11.4 Å². The van der Waals surface area contributed by atoms with Crippen molar-refractivity contribution in [3.05, 3.63) is 33.9 Å². The molecule has 0 unspecified atom stereocenters. The minimum atomic E-state index is -0.454. The zero-order valence-corrected chi connectivity index (χ0v) is 11.7. The van der Waals surface area contributed by atoms with Gasteiger partial charge in [-0.25, -0.2) is 0 Å². The van der Waals surface area contributed by atoms with E-state index in [-0.39, 0.29) is 11.4 Å². The highest BCUT2D eigenvalue weighted by molar-refractivity contribution is 5.59. The van der Waals surface area contributed by atoms with Crippen molar-refractivity contribution in [3.63, 3.8) is 0 Å². The molecule has 1 aromatic rings. The van der Waals surface area contributed by atoms with Gasteiger partial charge in [-0.1, -0.05) is 6.07 Å². The van der Waals surface area contributed by atoms with E-state index >= 15 is 0 Å². The number of nitro groups is 1. The van der Waals surface area contributed by atoms with Crippen LogP contribution < -0.4 is 5.73 Å². The van der Waals surface area contributed by atoms with Crippen LogP contribution >= 0.6 is 0 Å². The fourth-order valence-electron chi connectivity index (χ4n) is 2.61. The van der Waals surface area contributed by atoms with Crippen molar-refractivity contribution in [2.24, 2.45) is 5.92 Å². The summed E-state index contributed by atoms with van der Waals surface area (Å²) >= 11 is 0. The van der Waals surface area contributed by atoms with Gasteiger partial charge in [0, 0.05) is 32.4 Å². The van der Waals surface area contributed by atoms with Crippen LogP contribution in [0.1, 0.15) is 18.4 Å². The molecule has 0 saturated carbocycles. The Morgan fingerprint density at radius 2 is 2.15 bits per heavy atom. The standard InChI is InChI=1S/C14H21N3O3/c1-16(9-11-4-6-20-7-5-11)10-12-2-3-14(17(18)19)13(15)8-12/h2-3,8,11H,4-7,9-10,15H2,1H3. The summed E-state index contributed by atoms with van der Waals surface area (Å²) in [4.78, 5) is 12.5. The first kappa shape index (κ1) is 14.7. The predicted octanol–water partition coefficient (Wildman–Crippen LogP) is 2.04. The zero-order valence-electron chi connectivity index (χ0n) is 11.7. The molecule has 0 radical (unpaired) electrons. The van der Waals surface area contributed by atoms with Gasteiger partial charge in [0.1, 0.15) is 5.69 Å². The molecular weight excluding hydrogens is 258 g/mol. The first-order valence-electron chi connectivity index (χ1n) is 6.85. The van der Waals surface area contributed by atoms with Crippen LogP contribution in [0.3, 0.4) is 0 Å². The monoisotopic (exact) mass is 279 g/mol. The number of anilines is 1. The Morgan fingerprint density at radius 3 is 2.75 bits per heavy atom. The molecule has 6 nitrogen and oxygen atoms in total.